The van der Waals surface area contributed by atoms with E-state index in [9.17, 15) is 9.59 Å². The molecule has 3 aliphatic carbocycles. The lowest BCUT2D eigenvalue weighted by Gasteiger charge is -2.38. The highest BCUT2D eigenvalue weighted by Gasteiger charge is 2.35. The lowest BCUT2D eigenvalue weighted by Crippen LogP contribution is -2.54. The van der Waals surface area contributed by atoms with Crippen LogP contribution in [-0.2, 0) is 9.59 Å². The van der Waals surface area contributed by atoms with Crippen molar-refractivity contribution in [2.75, 3.05) is 38.7 Å². The van der Waals surface area contributed by atoms with E-state index in [4.69, 9.17) is 9.72 Å². The fourth-order valence-electron chi connectivity index (χ4n) is 8.07. The van der Waals surface area contributed by atoms with E-state index in [1.165, 1.54) is 33.9 Å². The third-order valence-electron chi connectivity index (χ3n) is 11.2. The molecule has 4 fully saturated rings. The molecule has 4 aliphatic rings. The number of aromatic nitrogens is 1. The topological polar surface area (TPSA) is 74.8 Å². The van der Waals surface area contributed by atoms with Crippen LogP contribution in [0.2, 0.25) is 0 Å². The molecule has 250 valence electrons. The summed E-state index contributed by atoms with van der Waals surface area (Å²) in [6.07, 6.45) is 12.4. The van der Waals surface area contributed by atoms with Gasteiger partial charge in [0.15, 0.2) is 0 Å². The number of anilines is 1. The van der Waals surface area contributed by atoms with Crippen LogP contribution in [0.25, 0.3) is 10.4 Å². The molecule has 3 saturated carbocycles. The highest BCUT2D eigenvalue weighted by Crippen LogP contribution is 2.44. The van der Waals surface area contributed by atoms with E-state index in [2.05, 4.69) is 71.6 Å². The Balaban J connectivity index is 1.04. The van der Waals surface area contributed by atoms with Crippen molar-refractivity contribution in [3.63, 3.8) is 0 Å². The zero-order valence-corrected chi connectivity index (χ0v) is 29.1. The van der Waals surface area contributed by atoms with E-state index in [-0.39, 0.29) is 29.7 Å². The normalized spacial score (nSPS) is 25.2. The average molecular weight is 655 g/mol. The summed E-state index contributed by atoms with van der Waals surface area (Å²) in [6, 6.07) is 15.4. The van der Waals surface area contributed by atoms with Gasteiger partial charge in [0, 0.05) is 49.4 Å². The number of carbonyl (C=O) groups is 2. The number of rotatable bonds is 10. The van der Waals surface area contributed by atoms with Gasteiger partial charge < -0.3 is 19.9 Å². The molecule has 2 aromatic carbocycles. The number of aryl methyl sites for hydroxylation is 1. The first-order valence-corrected chi connectivity index (χ1v) is 18.7. The average Bonchev–Trinajstić information content (AvgIpc) is 3.81. The molecule has 7 nitrogen and oxygen atoms in total. The SMILES string of the molecule is COc1ccc(C2CCC(CN(C(=O)C3CCC(NC(=O)C4CN(C)C4)CC3)c3cccc(-c4cnc(C5CC5)s4)c3)CC2)cc1C. The molecule has 47 heavy (non-hydrogen) atoms. The Kier molecular flexibility index (Phi) is 9.69. The molecule has 0 bridgehead atoms. The molecule has 1 aliphatic heterocycles. The quantitative estimate of drug-likeness (QED) is 0.245. The van der Waals surface area contributed by atoms with Crippen molar-refractivity contribution in [1.82, 2.24) is 15.2 Å². The minimum atomic E-state index is -0.00914. The maximum atomic E-state index is 14.4. The number of amides is 2. The van der Waals surface area contributed by atoms with Gasteiger partial charge in [-0.05, 0) is 125 Å². The van der Waals surface area contributed by atoms with Crippen LogP contribution in [-0.4, -0.2) is 61.5 Å². The Morgan fingerprint density at radius 3 is 2.36 bits per heavy atom. The van der Waals surface area contributed by atoms with Crippen LogP contribution in [0.4, 0.5) is 5.69 Å². The minimum Gasteiger partial charge on any atom is -0.496 e. The lowest BCUT2D eigenvalue weighted by molar-refractivity contribution is -0.130. The monoisotopic (exact) mass is 654 g/mol. The van der Waals surface area contributed by atoms with Crippen LogP contribution < -0.4 is 15.0 Å². The molecule has 1 N–H and O–H groups in total. The predicted molar refractivity (Wildman–Crippen MR) is 189 cm³/mol. The van der Waals surface area contributed by atoms with Crippen molar-refractivity contribution < 1.29 is 14.3 Å². The molecular formula is C39H50N4O3S. The third-order valence-corrected chi connectivity index (χ3v) is 12.4. The van der Waals surface area contributed by atoms with E-state index >= 15 is 0 Å². The van der Waals surface area contributed by atoms with Crippen molar-refractivity contribution in [1.29, 1.82) is 0 Å². The summed E-state index contributed by atoms with van der Waals surface area (Å²) in [4.78, 5) is 37.4. The maximum Gasteiger partial charge on any atom is 0.230 e. The molecule has 1 saturated heterocycles. The number of likely N-dealkylation sites (tertiary alicyclic amines) is 1. The number of hydrogen-bond acceptors (Lipinski definition) is 6. The molecule has 2 amide bonds. The number of nitrogens with one attached hydrogen (secondary N) is 1. The Labute approximate surface area is 284 Å². The molecule has 0 atom stereocenters. The molecule has 7 rings (SSSR count). The highest BCUT2D eigenvalue weighted by atomic mass is 32.1. The van der Waals surface area contributed by atoms with Crippen LogP contribution in [0.1, 0.15) is 92.2 Å². The van der Waals surface area contributed by atoms with E-state index in [0.29, 0.717) is 17.8 Å². The summed E-state index contributed by atoms with van der Waals surface area (Å²) in [5, 5.41) is 4.54. The van der Waals surface area contributed by atoms with Crippen LogP contribution in [0.5, 0.6) is 5.75 Å². The van der Waals surface area contributed by atoms with E-state index < -0.39 is 0 Å². The van der Waals surface area contributed by atoms with Gasteiger partial charge >= 0.3 is 0 Å². The number of nitrogens with zero attached hydrogens (tertiary/aromatic N) is 3. The van der Waals surface area contributed by atoms with Gasteiger partial charge in [-0.25, -0.2) is 4.98 Å². The van der Waals surface area contributed by atoms with E-state index in [1.807, 2.05) is 6.20 Å². The first-order chi connectivity index (χ1) is 22.8. The van der Waals surface area contributed by atoms with E-state index in [0.717, 1.165) is 88.0 Å². The van der Waals surface area contributed by atoms with Gasteiger partial charge in [0.05, 0.1) is 22.9 Å². The summed E-state index contributed by atoms with van der Waals surface area (Å²) in [5.74, 6) is 3.16. The van der Waals surface area contributed by atoms with Gasteiger partial charge in [0.2, 0.25) is 11.8 Å². The van der Waals surface area contributed by atoms with Crippen LogP contribution >= 0.6 is 11.3 Å². The molecule has 0 spiro atoms. The van der Waals surface area contributed by atoms with E-state index in [1.54, 1.807) is 18.4 Å². The first kappa shape index (κ1) is 32.3. The molecule has 0 radical (unpaired) electrons. The summed E-state index contributed by atoms with van der Waals surface area (Å²) in [7, 11) is 3.79. The zero-order valence-electron chi connectivity index (χ0n) is 28.2. The van der Waals surface area contributed by atoms with Gasteiger partial charge in [-0.2, -0.15) is 0 Å². The summed E-state index contributed by atoms with van der Waals surface area (Å²) < 4.78 is 5.50. The van der Waals surface area contributed by atoms with Crippen molar-refractivity contribution in [3.8, 4) is 16.2 Å². The highest BCUT2D eigenvalue weighted by molar-refractivity contribution is 7.15. The molecule has 8 heteroatoms. The predicted octanol–water partition coefficient (Wildman–Crippen LogP) is 7.55. The Hall–Kier alpha value is -3.23. The van der Waals surface area contributed by atoms with Crippen molar-refractivity contribution in [2.45, 2.75) is 89.0 Å². The van der Waals surface area contributed by atoms with Gasteiger partial charge in [0.25, 0.3) is 0 Å². The lowest BCUT2D eigenvalue weighted by atomic mass is 9.78. The number of hydrogen-bond donors (Lipinski definition) is 1. The van der Waals surface area contributed by atoms with Crippen molar-refractivity contribution >= 4 is 28.8 Å². The molecular weight excluding hydrogens is 605 g/mol. The minimum absolute atomic E-state index is 0.00914. The van der Waals surface area contributed by atoms with Crippen molar-refractivity contribution in [2.24, 2.45) is 17.8 Å². The van der Waals surface area contributed by atoms with Crippen LogP contribution in [0.15, 0.2) is 48.7 Å². The Bertz CT molecular complexity index is 1560. The van der Waals surface area contributed by atoms with Gasteiger partial charge in [-0.3, -0.25) is 9.59 Å². The number of thiazole rings is 1. The fourth-order valence-corrected chi connectivity index (χ4v) is 9.15. The van der Waals surface area contributed by atoms with Crippen molar-refractivity contribution in [3.05, 3.63) is 64.8 Å². The number of methoxy groups -OCH3 is 1. The zero-order chi connectivity index (χ0) is 32.5. The molecule has 0 unspecified atom stereocenters. The van der Waals surface area contributed by atoms with Gasteiger partial charge in [-0.1, -0.05) is 24.3 Å². The number of ether oxygens (including phenoxy) is 1. The Morgan fingerprint density at radius 1 is 0.936 bits per heavy atom. The fraction of sp³-hybridized carbons (Fsp3) is 0.564. The second kappa shape index (κ2) is 14.1. The number of benzene rings is 2. The van der Waals surface area contributed by atoms with Gasteiger partial charge in [-0.15, -0.1) is 11.3 Å². The molecule has 2 heterocycles. The summed E-state index contributed by atoms with van der Waals surface area (Å²) in [5.41, 5.74) is 4.76. The van der Waals surface area contributed by atoms with Gasteiger partial charge in [0.1, 0.15) is 5.75 Å². The van der Waals surface area contributed by atoms with Crippen LogP contribution in [0.3, 0.4) is 0 Å². The third kappa shape index (κ3) is 7.44. The molecule has 1 aromatic heterocycles. The second-order valence-corrected chi connectivity index (χ2v) is 15.8. The standard InChI is InChI=1S/C39H50N4O3S/c1-25-19-30(15-18-35(25)46-3)27-9-7-26(8-10-27)22-43(34-6-4-5-31(20-34)36-21-40-38(47-36)28-11-12-28)39(45)29-13-16-33(17-14-29)41-37(44)32-23-42(2)24-32/h4-6,15,18-21,26-29,32-33H,7-14,16-17,22-24H2,1-3H3,(H,41,44). The number of carbonyl (C=O) groups excluding carboxylic acids is 2. The summed E-state index contributed by atoms with van der Waals surface area (Å²) in [6.45, 7) is 4.58. The first-order valence-electron chi connectivity index (χ1n) is 17.9. The smallest absolute Gasteiger partial charge is 0.230 e. The van der Waals surface area contributed by atoms with Crippen LogP contribution in [0, 0.1) is 24.7 Å². The largest absolute Gasteiger partial charge is 0.496 e. The second-order valence-electron chi connectivity index (χ2n) is 14.8. The Morgan fingerprint density at radius 2 is 1.68 bits per heavy atom. The maximum absolute atomic E-state index is 14.4. The summed E-state index contributed by atoms with van der Waals surface area (Å²) >= 11 is 1.80. The molecule has 3 aromatic rings.